The molecule has 0 unspecified atom stereocenters. The number of hydrogen-bond acceptors (Lipinski definition) is 3. The normalized spacial score (nSPS) is 12.3. The molecular weight excluding hydrogens is 244 g/mol. The lowest BCUT2D eigenvalue weighted by Crippen LogP contribution is -2.35. The third kappa shape index (κ3) is 4.93. The predicted octanol–water partition coefficient (Wildman–Crippen LogP) is 0.686. The van der Waals surface area contributed by atoms with Crippen LogP contribution in [0.5, 0.6) is 0 Å². The maximum absolute atomic E-state index is 11.5. The summed E-state index contributed by atoms with van der Waals surface area (Å²) in [5, 5.41) is 11.6. The van der Waals surface area contributed by atoms with Crippen LogP contribution in [0.4, 0.5) is 0 Å². The minimum Gasteiger partial charge on any atom is -0.394 e. The van der Waals surface area contributed by atoms with Crippen LogP contribution in [-0.2, 0) is 4.79 Å². The third-order valence-corrected chi connectivity index (χ3v) is 2.68. The molecule has 102 valence electrons. The maximum Gasteiger partial charge on any atom is 0.248 e. The zero-order chi connectivity index (χ0) is 14.3. The lowest BCUT2D eigenvalue weighted by Gasteiger charge is -2.11. The Morgan fingerprint density at radius 1 is 1.37 bits per heavy atom. The SMILES string of the molecule is CC[C@H](CO)NC(=O)/C=C/c1ccc(C(N)=O)cc1. The number of carbonyl (C=O) groups excluding carboxylic acids is 2. The number of carbonyl (C=O) groups is 2. The van der Waals surface area contributed by atoms with Crippen molar-refractivity contribution in [2.45, 2.75) is 19.4 Å². The van der Waals surface area contributed by atoms with E-state index in [0.29, 0.717) is 12.0 Å². The number of nitrogens with one attached hydrogen (secondary N) is 1. The van der Waals surface area contributed by atoms with Crippen molar-refractivity contribution in [2.75, 3.05) is 6.61 Å². The van der Waals surface area contributed by atoms with Gasteiger partial charge in [-0.3, -0.25) is 9.59 Å². The summed E-state index contributed by atoms with van der Waals surface area (Å²) >= 11 is 0. The van der Waals surface area contributed by atoms with Crippen LogP contribution < -0.4 is 11.1 Å². The second-order valence-electron chi connectivity index (χ2n) is 4.12. The molecule has 0 heterocycles. The molecule has 0 aliphatic heterocycles. The number of hydrogen-bond donors (Lipinski definition) is 3. The second kappa shape index (κ2) is 7.33. The van der Waals surface area contributed by atoms with Gasteiger partial charge >= 0.3 is 0 Å². The van der Waals surface area contributed by atoms with E-state index in [-0.39, 0.29) is 18.6 Å². The van der Waals surface area contributed by atoms with Gasteiger partial charge in [-0.05, 0) is 30.2 Å². The maximum atomic E-state index is 11.5. The molecule has 0 aliphatic carbocycles. The summed E-state index contributed by atoms with van der Waals surface area (Å²) in [6.45, 7) is 1.80. The van der Waals surface area contributed by atoms with Crippen LogP contribution >= 0.6 is 0 Å². The van der Waals surface area contributed by atoms with Crippen LogP contribution in [0.25, 0.3) is 6.08 Å². The molecule has 0 radical (unpaired) electrons. The number of primary amides is 1. The summed E-state index contributed by atoms with van der Waals surface area (Å²) in [5.41, 5.74) is 6.34. The van der Waals surface area contributed by atoms with E-state index >= 15 is 0 Å². The fourth-order valence-electron chi connectivity index (χ4n) is 1.46. The first kappa shape index (κ1) is 14.9. The van der Waals surface area contributed by atoms with Gasteiger partial charge in [0, 0.05) is 11.6 Å². The highest BCUT2D eigenvalue weighted by Gasteiger charge is 2.05. The van der Waals surface area contributed by atoms with E-state index in [1.54, 1.807) is 30.3 Å². The minimum atomic E-state index is -0.484. The quantitative estimate of drug-likeness (QED) is 0.658. The predicted molar refractivity (Wildman–Crippen MR) is 73.3 cm³/mol. The summed E-state index contributed by atoms with van der Waals surface area (Å²) in [4.78, 5) is 22.4. The van der Waals surface area contributed by atoms with E-state index in [9.17, 15) is 9.59 Å². The highest BCUT2D eigenvalue weighted by Crippen LogP contribution is 2.05. The average molecular weight is 262 g/mol. The Morgan fingerprint density at radius 3 is 2.47 bits per heavy atom. The fraction of sp³-hybridized carbons (Fsp3) is 0.286. The number of nitrogens with two attached hydrogens (primary N) is 1. The molecule has 5 nitrogen and oxygen atoms in total. The Morgan fingerprint density at radius 2 is 2.00 bits per heavy atom. The van der Waals surface area contributed by atoms with Crippen LogP contribution in [0.3, 0.4) is 0 Å². The van der Waals surface area contributed by atoms with Crippen molar-refractivity contribution in [3.63, 3.8) is 0 Å². The van der Waals surface area contributed by atoms with Crippen LogP contribution in [0.1, 0.15) is 29.3 Å². The Labute approximate surface area is 112 Å². The van der Waals surface area contributed by atoms with Crippen molar-refractivity contribution in [3.05, 3.63) is 41.5 Å². The first-order valence-electron chi connectivity index (χ1n) is 6.06. The van der Waals surface area contributed by atoms with E-state index in [2.05, 4.69) is 5.32 Å². The Kier molecular flexibility index (Phi) is 5.75. The van der Waals surface area contributed by atoms with Crippen LogP contribution in [-0.4, -0.2) is 29.6 Å². The molecule has 0 saturated carbocycles. The number of amides is 2. The van der Waals surface area contributed by atoms with E-state index in [0.717, 1.165) is 5.56 Å². The molecule has 19 heavy (non-hydrogen) atoms. The van der Waals surface area contributed by atoms with Gasteiger partial charge in [-0.15, -0.1) is 0 Å². The number of benzene rings is 1. The van der Waals surface area contributed by atoms with Gasteiger partial charge in [-0.2, -0.15) is 0 Å². The van der Waals surface area contributed by atoms with Crippen molar-refractivity contribution in [1.82, 2.24) is 5.32 Å². The number of aliphatic hydroxyl groups is 1. The van der Waals surface area contributed by atoms with Crippen molar-refractivity contribution in [1.29, 1.82) is 0 Å². The fourth-order valence-corrected chi connectivity index (χ4v) is 1.46. The Hall–Kier alpha value is -2.14. The summed E-state index contributed by atoms with van der Waals surface area (Å²) in [5.74, 6) is -0.748. The van der Waals surface area contributed by atoms with Crippen molar-refractivity contribution < 1.29 is 14.7 Å². The van der Waals surface area contributed by atoms with Gasteiger partial charge in [0.1, 0.15) is 0 Å². The van der Waals surface area contributed by atoms with Gasteiger partial charge in [-0.1, -0.05) is 19.1 Å². The summed E-state index contributed by atoms with van der Waals surface area (Å²) in [6.07, 6.45) is 3.69. The van der Waals surface area contributed by atoms with E-state index in [1.165, 1.54) is 6.08 Å². The molecule has 5 heteroatoms. The van der Waals surface area contributed by atoms with E-state index < -0.39 is 5.91 Å². The molecule has 1 rings (SSSR count). The molecule has 0 aliphatic rings. The van der Waals surface area contributed by atoms with Gasteiger partial charge in [0.2, 0.25) is 11.8 Å². The first-order valence-corrected chi connectivity index (χ1v) is 6.06. The molecule has 0 bridgehead atoms. The summed E-state index contributed by atoms with van der Waals surface area (Å²) < 4.78 is 0. The van der Waals surface area contributed by atoms with Gasteiger partial charge in [-0.25, -0.2) is 0 Å². The molecule has 0 aromatic heterocycles. The van der Waals surface area contributed by atoms with Crippen molar-refractivity contribution in [2.24, 2.45) is 5.73 Å². The minimum absolute atomic E-state index is 0.0800. The summed E-state index contributed by atoms with van der Waals surface area (Å²) in [7, 11) is 0. The highest BCUT2D eigenvalue weighted by molar-refractivity contribution is 5.94. The second-order valence-corrected chi connectivity index (χ2v) is 4.12. The number of aliphatic hydroxyl groups excluding tert-OH is 1. The van der Waals surface area contributed by atoms with Gasteiger partial charge in [0.15, 0.2) is 0 Å². The first-order chi connectivity index (χ1) is 9.06. The van der Waals surface area contributed by atoms with Crippen LogP contribution in [0.2, 0.25) is 0 Å². The lowest BCUT2D eigenvalue weighted by atomic mass is 10.1. The van der Waals surface area contributed by atoms with Crippen molar-refractivity contribution in [3.8, 4) is 0 Å². The Balaban J connectivity index is 2.61. The molecule has 0 saturated heterocycles. The molecule has 1 aromatic rings. The van der Waals surface area contributed by atoms with Gasteiger partial charge < -0.3 is 16.2 Å². The zero-order valence-electron chi connectivity index (χ0n) is 10.8. The van der Waals surface area contributed by atoms with Gasteiger partial charge in [0.25, 0.3) is 0 Å². The highest BCUT2D eigenvalue weighted by atomic mass is 16.3. The molecule has 2 amide bonds. The molecule has 0 spiro atoms. The lowest BCUT2D eigenvalue weighted by molar-refractivity contribution is -0.117. The molecule has 1 atom stereocenters. The molecule has 4 N–H and O–H groups in total. The zero-order valence-corrected chi connectivity index (χ0v) is 10.8. The topological polar surface area (TPSA) is 92.4 Å². The van der Waals surface area contributed by atoms with Crippen molar-refractivity contribution >= 4 is 17.9 Å². The molecule has 1 aromatic carbocycles. The number of rotatable bonds is 6. The van der Waals surface area contributed by atoms with Crippen LogP contribution in [0, 0.1) is 0 Å². The standard InChI is InChI=1S/C14H18N2O3/c1-2-12(9-17)16-13(18)8-5-10-3-6-11(7-4-10)14(15)19/h3-8,12,17H,2,9H2,1H3,(H2,15,19)(H,16,18)/b8-5+/t12-/m1/s1. The van der Waals surface area contributed by atoms with Crippen LogP contribution in [0.15, 0.2) is 30.3 Å². The smallest absolute Gasteiger partial charge is 0.248 e. The molecular formula is C14H18N2O3. The Bertz CT molecular complexity index is 462. The summed E-state index contributed by atoms with van der Waals surface area (Å²) in [6, 6.07) is 6.38. The van der Waals surface area contributed by atoms with Gasteiger partial charge in [0.05, 0.1) is 12.6 Å². The largest absolute Gasteiger partial charge is 0.394 e. The molecule has 0 fully saturated rings. The monoisotopic (exact) mass is 262 g/mol. The van der Waals surface area contributed by atoms with E-state index in [1.807, 2.05) is 6.92 Å². The third-order valence-electron chi connectivity index (χ3n) is 2.68. The average Bonchev–Trinajstić information content (AvgIpc) is 2.43. The van der Waals surface area contributed by atoms with E-state index in [4.69, 9.17) is 10.8 Å².